The molecule has 17 nitrogen and oxygen atoms in total. The first-order valence-corrected chi connectivity index (χ1v) is 19.0. The normalized spacial score (nSPS) is 26.1. The average Bonchev–Trinajstić information content (AvgIpc) is 3.68. The number of anilines is 1. The Bertz CT molecular complexity index is 1860. The summed E-state index contributed by atoms with van der Waals surface area (Å²) in [7, 11) is -4.58. The molecule has 1 saturated heterocycles. The van der Waals surface area contributed by atoms with E-state index in [2.05, 4.69) is 15.2 Å². The maximum Gasteiger partial charge on any atom is 0.459 e. The molecule has 1 unspecified atom stereocenters. The highest BCUT2D eigenvalue weighted by molar-refractivity contribution is 7.52. The molecule has 2 fully saturated rings. The van der Waals surface area contributed by atoms with Gasteiger partial charge in [0.25, 0.3) is 0 Å². The predicted molar refractivity (Wildman–Crippen MR) is 189 cm³/mol. The molecule has 1 saturated carbocycles. The minimum atomic E-state index is -4.58. The molecular formula is C35H46N7O10P. The molecule has 0 spiro atoms. The van der Waals surface area contributed by atoms with Crippen LogP contribution in [0.2, 0.25) is 0 Å². The van der Waals surface area contributed by atoms with Gasteiger partial charge in [-0.25, -0.2) is 14.1 Å². The van der Waals surface area contributed by atoms with E-state index in [1.165, 1.54) is 29.9 Å². The molecule has 1 aromatic carbocycles. The number of nitrogens with one attached hydrogen (secondary N) is 1. The van der Waals surface area contributed by atoms with E-state index >= 15 is 0 Å². The summed E-state index contributed by atoms with van der Waals surface area (Å²) < 4.78 is 51.7. The zero-order chi connectivity index (χ0) is 38.5. The van der Waals surface area contributed by atoms with Crippen LogP contribution < -0.4 is 21.1 Å². The van der Waals surface area contributed by atoms with Gasteiger partial charge >= 0.3 is 25.7 Å². The molecule has 53 heavy (non-hydrogen) atoms. The number of nitrogen functional groups attached to an aromatic ring is 1. The Morgan fingerprint density at radius 1 is 1.00 bits per heavy atom. The molecule has 1 aliphatic carbocycles. The van der Waals surface area contributed by atoms with Crippen LogP contribution in [0.4, 0.5) is 5.82 Å². The highest BCUT2D eigenvalue weighted by Gasteiger charge is 2.62. The summed E-state index contributed by atoms with van der Waals surface area (Å²) in [6.07, 6.45) is -0.905. The van der Waals surface area contributed by atoms with Crippen molar-refractivity contribution in [1.29, 1.82) is 5.26 Å². The minimum Gasteiger partial charge on any atom is -0.461 e. The Morgan fingerprint density at radius 3 is 2.30 bits per heavy atom. The van der Waals surface area contributed by atoms with Crippen LogP contribution in [-0.4, -0.2) is 75.1 Å². The molecule has 3 heterocycles. The van der Waals surface area contributed by atoms with Crippen LogP contribution in [0.5, 0.6) is 5.75 Å². The lowest BCUT2D eigenvalue weighted by Crippen LogP contribution is -2.50. The van der Waals surface area contributed by atoms with Gasteiger partial charge in [0.15, 0.2) is 18.0 Å². The van der Waals surface area contributed by atoms with Crippen LogP contribution in [-0.2, 0) is 42.4 Å². The molecule has 2 aromatic heterocycles. The van der Waals surface area contributed by atoms with Crippen molar-refractivity contribution in [2.24, 2.45) is 17.6 Å². The van der Waals surface area contributed by atoms with Crippen molar-refractivity contribution in [2.75, 3.05) is 12.3 Å². The maximum atomic E-state index is 14.6. The molecule has 18 heteroatoms. The number of aromatic nitrogens is 3. The van der Waals surface area contributed by atoms with Crippen LogP contribution in [0.15, 0.2) is 48.8 Å². The number of nitrogens with two attached hydrogens (primary N) is 2. The molecule has 5 N–H and O–H groups in total. The van der Waals surface area contributed by atoms with Crippen LogP contribution in [0, 0.1) is 23.2 Å². The van der Waals surface area contributed by atoms with Crippen LogP contribution in [0.3, 0.4) is 0 Å². The topological polar surface area (TPSA) is 242 Å². The van der Waals surface area contributed by atoms with E-state index < -0.39 is 74.1 Å². The maximum absolute atomic E-state index is 14.6. The third-order valence-corrected chi connectivity index (χ3v) is 10.6. The Balaban J connectivity index is 1.51. The highest BCUT2D eigenvalue weighted by Crippen LogP contribution is 2.50. The number of benzene rings is 1. The van der Waals surface area contributed by atoms with Crippen molar-refractivity contribution in [3.8, 4) is 11.8 Å². The highest BCUT2D eigenvalue weighted by atomic mass is 31.2. The van der Waals surface area contributed by atoms with E-state index in [9.17, 15) is 24.2 Å². The van der Waals surface area contributed by atoms with Gasteiger partial charge in [0, 0.05) is 6.04 Å². The van der Waals surface area contributed by atoms with Gasteiger partial charge in [-0.1, -0.05) is 45.9 Å². The zero-order valence-corrected chi connectivity index (χ0v) is 31.1. The number of fused-ring (bicyclic) bond motifs is 1. The second-order valence-electron chi connectivity index (χ2n) is 13.8. The number of para-hydroxylation sites is 1. The molecule has 2 aliphatic rings. The van der Waals surface area contributed by atoms with Gasteiger partial charge in [0.05, 0.1) is 17.5 Å². The minimum absolute atomic E-state index is 0.0400. The second-order valence-corrected chi connectivity index (χ2v) is 15.5. The lowest BCUT2D eigenvalue weighted by Gasteiger charge is -2.31. The van der Waals surface area contributed by atoms with E-state index in [0.29, 0.717) is 31.2 Å². The largest absolute Gasteiger partial charge is 0.461 e. The Labute approximate surface area is 307 Å². The first-order chi connectivity index (χ1) is 25.1. The molecule has 1 aliphatic heterocycles. The summed E-state index contributed by atoms with van der Waals surface area (Å²) in [5.41, 5.74) is 10.5. The molecule has 6 atom stereocenters. The fraction of sp³-hybridized carbons (Fsp3) is 0.543. The second kappa shape index (κ2) is 16.6. The molecule has 0 amide bonds. The van der Waals surface area contributed by atoms with Crippen molar-refractivity contribution < 1.29 is 46.9 Å². The summed E-state index contributed by atoms with van der Waals surface area (Å²) in [4.78, 5) is 43.6. The van der Waals surface area contributed by atoms with E-state index in [0.717, 1.165) is 0 Å². The van der Waals surface area contributed by atoms with Crippen molar-refractivity contribution in [1.82, 2.24) is 19.7 Å². The van der Waals surface area contributed by atoms with Crippen molar-refractivity contribution in [2.45, 2.75) is 102 Å². The number of nitrogens with zero attached hydrogens (tertiary/aromatic N) is 4. The Hall–Kier alpha value is -4.59. The van der Waals surface area contributed by atoms with Crippen molar-refractivity contribution in [3.63, 3.8) is 0 Å². The SMILES string of the molecule is CC(C)C(=O)O[C@H]1[C@H](c2ccc3c(N)ncnn23)O[C@](C#N)(COP(=O)(N[C@@H](C)C(=O)O[C@H]2CC[C@H](N)CC2)Oc2ccccc2)[C@H]1OC(=O)C(C)C. The standard InChI is InChI=1S/C35H46N7O10P/c1-20(2)32(43)49-29-28(26-15-16-27-31(38)39-19-40-42(26)27)51-35(17-36,30(29)50-33(44)21(3)4)18-47-53(46,52-25-9-7-6-8-10-25)41-22(5)34(45)48-24-13-11-23(37)12-14-24/h6-10,15-16,19-24,28-30H,11-14,18,37H2,1-5H3,(H,41,46)(H2,38,39,40)/t22-,23-,24-,28-,29-,30-,35+,53?/m0/s1. The summed E-state index contributed by atoms with van der Waals surface area (Å²) >= 11 is 0. The number of hydrogen-bond donors (Lipinski definition) is 3. The fourth-order valence-corrected chi connectivity index (χ4v) is 7.43. The zero-order valence-electron chi connectivity index (χ0n) is 30.2. The van der Waals surface area contributed by atoms with E-state index in [-0.39, 0.29) is 29.4 Å². The average molecular weight is 756 g/mol. The summed E-state index contributed by atoms with van der Waals surface area (Å²) in [6.45, 7) is 6.98. The number of hydrogen-bond acceptors (Lipinski definition) is 15. The summed E-state index contributed by atoms with van der Waals surface area (Å²) in [5, 5.41) is 17.8. The summed E-state index contributed by atoms with van der Waals surface area (Å²) in [5.74, 6) is -3.15. The first-order valence-electron chi connectivity index (χ1n) is 17.5. The smallest absolute Gasteiger partial charge is 0.459 e. The molecule has 0 bridgehead atoms. The van der Waals surface area contributed by atoms with E-state index in [4.69, 9.17) is 39.5 Å². The monoisotopic (exact) mass is 755 g/mol. The number of nitriles is 1. The van der Waals surface area contributed by atoms with Gasteiger partial charge in [0.1, 0.15) is 48.5 Å². The lowest BCUT2D eigenvalue weighted by atomic mass is 9.94. The van der Waals surface area contributed by atoms with Gasteiger partial charge in [-0.3, -0.25) is 18.9 Å². The van der Waals surface area contributed by atoms with Crippen molar-refractivity contribution >= 4 is 37.0 Å². The predicted octanol–water partition coefficient (Wildman–Crippen LogP) is 3.78. The molecular weight excluding hydrogens is 709 g/mol. The van der Waals surface area contributed by atoms with Crippen molar-refractivity contribution in [3.05, 3.63) is 54.5 Å². The fourth-order valence-electron chi connectivity index (χ4n) is 5.91. The van der Waals surface area contributed by atoms with Gasteiger partial charge in [-0.05, 0) is 56.9 Å². The number of carbonyl (C=O) groups is 3. The van der Waals surface area contributed by atoms with Gasteiger partial charge < -0.3 is 34.9 Å². The Kier molecular flexibility index (Phi) is 12.4. The lowest BCUT2D eigenvalue weighted by molar-refractivity contribution is -0.173. The molecule has 0 radical (unpaired) electrons. The van der Waals surface area contributed by atoms with E-state index in [1.807, 2.05) is 6.07 Å². The van der Waals surface area contributed by atoms with Crippen LogP contribution in [0.25, 0.3) is 5.52 Å². The third-order valence-electron chi connectivity index (χ3n) is 8.95. The number of carbonyl (C=O) groups excluding carboxylic acids is 3. The number of esters is 3. The number of rotatable bonds is 14. The first kappa shape index (κ1) is 39.6. The van der Waals surface area contributed by atoms with Crippen LogP contribution >= 0.6 is 7.75 Å². The Morgan fingerprint density at radius 2 is 1.66 bits per heavy atom. The third kappa shape index (κ3) is 9.14. The quantitative estimate of drug-likeness (QED) is 0.120. The van der Waals surface area contributed by atoms with E-state index in [1.54, 1.807) is 58.0 Å². The number of ether oxygens (including phenoxy) is 4. The van der Waals surface area contributed by atoms with Gasteiger partial charge in [0.2, 0.25) is 5.60 Å². The molecule has 3 aromatic rings. The van der Waals surface area contributed by atoms with Gasteiger partial charge in [-0.15, -0.1) is 0 Å². The molecule has 286 valence electrons. The molecule has 5 rings (SSSR count). The van der Waals surface area contributed by atoms with Crippen LogP contribution in [0.1, 0.15) is 72.1 Å². The summed E-state index contributed by atoms with van der Waals surface area (Å²) in [6, 6.07) is 12.1. The van der Waals surface area contributed by atoms with Gasteiger partial charge in [-0.2, -0.15) is 15.4 Å².